The van der Waals surface area contributed by atoms with E-state index >= 15 is 0 Å². The molecule has 20 heteroatoms. The first kappa shape index (κ1) is 44.2. The van der Waals surface area contributed by atoms with Crippen molar-refractivity contribution in [3.8, 4) is 23.0 Å². The maximum absolute atomic E-state index is 12.4. The molecule has 0 saturated heterocycles. The number of hydrogen-bond acceptors (Lipinski definition) is 16. The zero-order chi connectivity index (χ0) is 43.8. The number of esters is 4. The third-order valence-corrected chi connectivity index (χ3v) is 8.25. The number of aromatic hydroxyl groups is 4. The van der Waals surface area contributed by atoms with E-state index in [-0.39, 0.29) is 39.8 Å². The summed E-state index contributed by atoms with van der Waals surface area (Å²) in [5.74, 6) is -13.2. The van der Waals surface area contributed by atoms with Gasteiger partial charge in [0.15, 0.2) is 0 Å². The van der Waals surface area contributed by atoms with Crippen LogP contribution < -0.4 is 0 Å². The van der Waals surface area contributed by atoms with Crippen molar-refractivity contribution in [1.82, 2.24) is 0 Å². The van der Waals surface area contributed by atoms with Crippen LogP contribution in [0.5, 0.6) is 23.0 Å². The van der Waals surface area contributed by atoms with Gasteiger partial charge in [0.25, 0.3) is 0 Å². The molecule has 0 fully saturated rings. The molecule has 8 N–H and O–H groups in total. The van der Waals surface area contributed by atoms with Gasteiger partial charge in [-0.05, 0) is 59.4 Å². The molecule has 0 amide bonds. The van der Waals surface area contributed by atoms with Gasteiger partial charge in [0.1, 0.15) is 45.3 Å². The minimum Gasteiger partial charge on any atom is -0.507 e. The van der Waals surface area contributed by atoms with Crippen LogP contribution in [0.25, 0.3) is 0 Å². The van der Waals surface area contributed by atoms with Crippen molar-refractivity contribution in [3.63, 3.8) is 0 Å². The molecule has 0 heterocycles. The number of phenols is 4. The molecule has 0 radical (unpaired) electrons. The van der Waals surface area contributed by atoms with Gasteiger partial charge in [0.2, 0.25) is 0 Å². The number of carboxylic acids is 4. The van der Waals surface area contributed by atoms with Gasteiger partial charge < -0.3 is 59.8 Å². The van der Waals surface area contributed by atoms with E-state index in [1.54, 1.807) is 0 Å². The SMILES string of the molecule is COC(=O)c1c(O)ccc(Cc2ccc(O)c(C(=O)OC)c2C(=O)OC)c1C(=O)OC.O=C(O)c1c(O)ccc(Cc2ccc(O)c(C(=O)O)c2C(=O)O)c1C(=O)O. The summed E-state index contributed by atoms with van der Waals surface area (Å²) in [4.78, 5) is 94.8. The zero-order valence-corrected chi connectivity index (χ0v) is 30.5. The summed E-state index contributed by atoms with van der Waals surface area (Å²) < 4.78 is 18.8. The number of benzene rings is 4. The average molecular weight is 809 g/mol. The number of phenolic OH excluding ortho intramolecular Hbond substituents is 2. The highest BCUT2D eigenvalue weighted by atomic mass is 16.5. The molecule has 0 atom stereocenters. The average Bonchev–Trinajstić information content (AvgIpc) is 3.18. The second kappa shape index (κ2) is 18.4. The van der Waals surface area contributed by atoms with Crippen molar-refractivity contribution in [2.75, 3.05) is 28.4 Å². The standard InChI is InChI=1S/C21H20O10.C17H12O10/c1-28-18(24)14-10(5-7-12(22)16(14)20(26)30-3)9-11-6-8-13(23)17(21(27)31-4)15(11)19(25)29-2;18-8-3-1-6(10(14(20)21)12(8)16(24)25)5-7-2-4-9(19)13(17(26)27)11(7)15(22)23/h5-8,22-23H,9H2,1-4H3;1-4,18-19H,5H2,(H,20,21)(H,22,23)(H,24,25)(H,26,27). The van der Waals surface area contributed by atoms with E-state index in [1.165, 1.54) is 24.3 Å². The summed E-state index contributed by atoms with van der Waals surface area (Å²) in [6.07, 6.45) is -0.645. The molecule has 0 bridgehead atoms. The van der Waals surface area contributed by atoms with Gasteiger partial charge in [-0.2, -0.15) is 0 Å². The first-order valence-corrected chi connectivity index (χ1v) is 15.9. The molecule has 0 aromatic heterocycles. The highest BCUT2D eigenvalue weighted by Gasteiger charge is 2.31. The van der Waals surface area contributed by atoms with Crippen LogP contribution in [0.4, 0.5) is 0 Å². The largest absolute Gasteiger partial charge is 0.507 e. The number of hydrogen-bond donors (Lipinski definition) is 8. The fourth-order valence-electron chi connectivity index (χ4n) is 5.75. The van der Waals surface area contributed by atoms with E-state index in [1.807, 2.05) is 0 Å². The fourth-order valence-corrected chi connectivity index (χ4v) is 5.75. The van der Waals surface area contributed by atoms with E-state index in [0.717, 1.165) is 52.7 Å². The molecule has 0 aliphatic rings. The molecule has 0 aliphatic carbocycles. The number of carbonyl (C=O) groups is 8. The van der Waals surface area contributed by atoms with Gasteiger partial charge in [-0.25, -0.2) is 38.4 Å². The Kier molecular flexibility index (Phi) is 14.1. The Hall–Kier alpha value is -8.16. The molecule has 58 heavy (non-hydrogen) atoms. The summed E-state index contributed by atoms with van der Waals surface area (Å²) >= 11 is 0. The van der Waals surface area contributed by atoms with Crippen LogP contribution in [-0.2, 0) is 31.8 Å². The molecule has 4 aromatic carbocycles. The summed E-state index contributed by atoms with van der Waals surface area (Å²) in [5, 5.41) is 76.5. The van der Waals surface area contributed by atoms with Crippen LogP contribution >= 0.6 is 0 Å². The van der Waals surface area contributed by atoms with E-state index in [0.29, 0.717) is 0 Å². The molecular formula is C38H32O20. The Labute approximate surface area is 325 Å². The molecule has 4 aromatic rings. The Morgan fingerprint density at radius 1 is 0.345 bits per heavy atom. The van der Waals surface area contributed by atoms with Crippen LogP contribution in [0, 0.1) is 0 Å². The first-order chi connectivity index (χ1) is 27.3. The summed E-state index contributed by atoms with van der Waals surface area (Å²) in [7, 11) is 4.33. The number of aromatic carboxylic acids is 4. The molecular weight excluding hydrogens is 776 g/mol. The number of ether oxygens (including phenoxy) is 4. The number of carbonyl (C=O) groups excluding carboxylic acids is 4. The van der Waals surface area contributed by atoms with Crippen LogP contribution in [0.1, 0.15) is 105 Å². The minimum absolute atomic E-state index is 0.165. The van der Waals surface area contributed by atoms with E-state index in [2.05, 4.69) is 9.47 Å². The Balaban J connectivity index is 0.000000313. The molecule has 0 saturated carbocycles. The van der Waals surface area contributed by atoms with Crippen LogP contribution in [0.2, 0.25) is 0 Å². The third-order valence-electron chi connectivity index (χ3n) is 8.25. The van der Waals surface area contributed by atoms with Crippen molar-refractivity contribution in [2.24, 2.45) is 0 Å². The quantitative estimate of drug-likeness (QED) is 0.0751. The normalized spacial score (nSPS) is 10.3. The van der Waals surface area contributed by atoms with E-state index < -0.39 is 111 Å². The van der Waals surface area contributed by atoms with Gasteiger partial charge in [0, 0.05) is 0 Å². The van der Waals surface area contributed by atoms with Crippen LogP contribution in [-0.4, -0.2) is 117 Å². The van der Waals surface area contributed by atoms with Crippen molar-refractivity contribution in [2.45, 2.75) is 12.8 Å². The van der Waals surface area contributed by atoms with Gasteiger partial charge in [0.05, 0.1) is 50.7 Å². The van der Waals surface area contributed by atoms with Gasteiger partial charge in [-0.1, -0.05) is 24.3 Å². The second-order valence-electron chi connectivity index (χ2n) is 11.5. The Bertz CT molecular complexity index is 2210. The topological polar surface area (TPSA) is 335 Å². The lowest BCUT2D eigenvalue weighted by atomic mass is 9.90. The molecule has 20 nitrogen and oxygen atoms in total. The molecule has 4 rings (SSSR count). The highest BCUT2D eigenvalue weighted by molar-refractivity contribution is 6.08. The summed E-state index contributed by atoms with van der Waals surface area (Å²) in [5.41, 5.74) is -4.65. The molecule has 0 unspecified atom stereocenters. The zero-order valence-electron chi connectivity index (χ0n) is 30.5. The lowest BCUT2D eigenvalue weighted by molar-refractivity contribution is 0.0549. The maximum atomic E-state index is 12.4. The third kappa shape index (κ3) is 9.03. The number of rotatable bonds is 12. The predicted octanol–water partition coefficient (Wildman–Crippen LogP) is 3.32. The van der Waals surface area contributed by atoms with Gasteiger partial charge in [-0.3, -0.25) is 0 Å². The van der Waals surface area contributed by atoms with Crippen LogP contribution in [0.15, 0.2) is 48.5 Å². The van der Waals surface area contributed by atoms with Crippen molar-refractivity contribution in [3.05, 3.63) is 115 Å². The van der Waals surface area contributed by atoms with E-state index in [4.69, 9.17) is 19.7 Å². The van der Waals surface area contributed by atoms with Crippen molar-refractivity contribution < 1.29 is 98.2 Å². The maximum Gasteiger partial charge on any atom is 0.342 e. The van der Waals surface area contributed by atoms with Gasteiger partial charge >= 0.3 is 47.8 Å². The summed E-state index contributed by atoms with van der Waals surface area (Å²) in [6, 6.07) is 9.09. The molecule has 0 spiro atoms. The van der Waals surface area contributed by atoms with E-state index in [9.17, 15) is 69.0 Å². The smallest absolute Gasteiger partial charge is 0.342 e. The summed E-state index contributed by atoms with van der Waals surface area (Å²) in [6.45, 7) is 0. The first-order valence-electron chi connectivity index (χ1n) is 15.9. The number of carboxylic acid groups (broad SMARTS) is 4. The van der Waals surface area contributed by atoms with Crippen molar-refractivity contribution >= 4 is 47.8 Å². The Morgan fingerprint density at radius 2 is 0.552 bits per heavy atom. The minimum atomic E-state index is -1.71. The lowest BCUT2D eigenvalue weighted by Gasteiger charge is -2.16. The fraction of sp³-hybridized carbons (Fsp3) is 0.158. The van der Waals surface area contributed by atoms with Crippen molar-refractivity contribution in [1.29, 1.82) is 0 Å². The van der Waals surface area contributed by atoms with Gasteiger partial charge in [-0.15, -0.1) is 0 Å². The number of methoxy groups -OCH3 is 4. The lowest BCUT2D eigenvalue weighted by Crippen LogP contribution is -2.18. The Morgan fingerprint density at radius 3 is 0.776 bits per heavy atom. The van der Waals surface area contributed by atoms with Crippen LogP contribution in [0.3, 0.4) is 0 Å². The predicted molar refractivity (Wildman–Crippen MR) is 191 cm³/mol. The molecule has 0 aliphatic heterocycles. The molecule has 304 valence electrons. The second-order valence-corrected chi connectivity index (χ2v) is 11.5. The highest BCUT2D eigenvalue weighted by Crippen LogP contribution is 2.33. The monoisotopic (exact) mass is 808 g/mol.